The monoisotopic (exact) mass is 315 g/mol. The second-order valence-corrected chi connectivity index (χ2v) is 5.98. The molecule has 0 saturated carbocycles. The first-order chi connectivity index (χ1) is 11.0. The lowest BCUT2D eigenvalue weighted by atomic mass is 9.73. The molecule has 1 atom stereocenters. The number of hydrogen-bond donors (Lipinski definition) is 1. The summed E-state index contributed by atoms with van der Waals surface area (Å²) < 4.78 is 11.0. The van der Waals surface area contributed by atoms with Crippen molar-refractivity contribution >= 4 is 22.8 Å². The number of furan rings is 1. The number of nitrogens with one attached hydrogen (secondary N) is 1. The third-order valence-corrected chi connectivity index (χ3v) is 4.70. The van der Waals surface area contributed by atoms with Gasteiger partial charge in [0.05, 0.1) is 6.61 Å². The average Bonchev–Trinajstić information content (AvgIpc) is 2.82. The molecule has 2 aromatic rings. The van der Waals surface area contributed by atoms with Crippen molar-refractivity contribution in [2.45, 2.75) is 39.0 Å². The maximum Gasteiger partial charge on any atom is 0.326 e. The van der Waals surface area contributed by atoms with Gasteiger partial charge in [-0.2, -0.15) is 0 Å². The largest absolute Gasteiger partial charge is 0.465 e. The second kappa shape index (κ2) is 5.72. The Labute approximate surface area is 135 Å². The lowest BCUT2D eigenvalue weighted by molar-refractivity contribution is -0.156. The van der Waals surface area contributed by atoms with Crippen LogP contribution in [0.5, 0.6) is 0 Å². The summed E-state index contributed by atoms with van der Waals surface area (Å²) in [5.41, 5.74) is 1.12. The van der Waals surface area contributed by atoms with Gasteiger partial charge in [-0.05, 0) is 50.8 Å². The topological polar surface area (TPSA) is 68.5 Å². The summed E-state index contributed by atoms with van der Waals surface area (Å²) in [6.07, 6.45) is 1.18. The van der Waals surface area contributed by atoms with Crippen LogP contribution in [0, 0.1) is 13.8 Å². The summed E-state index contributed by atoms with van der Waals surface area (Å²) in [7, 11) is 0. The highest BCUT2D eigenvalue weighted by Crippen LogP contribution is 2.36. The number of fused-ring (bicyclic) bond motifs is 1. The molecule has 1 amide bonds. The van der Waals surface area contributed by atoms with Crippen molar-refractivity contribution in [2.75, 3.05) is 13.2 Å². The molecule has 5 nitrogen and oxygen atoms in total. The molecule has 3 rings (SSSR count). The third kappa shape index (κ3) is 2.31. The summed E-state index contributed by atoms with van der Waals surface area (Å²) >= 11 is 0. The molecule has 1 N–H and O–H groups in total. The molecule has 1 fully saturated rings. The number of ether oxygens (including phenoxy) is 1. The number of piperidine rings is 1. The number of hydrogen-bond acceptors (Lipinski definition) is 4. The Hall–Kier alpha value is -2.30. The summed E-state index contributed by atoms with van der Waals surface area (Å²) in [6.45, 7) is 6.48. The van der Waals surface area contributed by atoms with Gasteiger partial charge in [0, 0.05) is 11.9 Å². The van der Waals surface area contributed by atoms with E-state index in [0.29, 0.717) is 24.1 Å². The van der Waals surface area contributed by atoms with Crippen LogP contribution in [0.1, 0.15) is 36.7 Å². The van der Waals surface area contributed by atoms with E-state index in [1.807, 2.05) is 26.0 Å². The highest BCUT2D eigenvalue weighted by Gasteiger charge is 2.50. The zero-order valence-electron chi connectivity index (χ0n) is 13.7. The highest BCUT2D eigenvalue weighted by atomic mass is 16.5. The summed E-state index contributed by atoms with van der Waals surface area (Å²) in [5.74, 6) is 0.0635. The van der Waals surface area contributed by atoms with Crippen LogP contribution in [0.15, 0.2) is 22.6 Å². The Bertz CT molecular complexity index is 777. The number of benzene rings is 1. The molecule has 1 unspecified atom stereocenters. The van der Waals surface area contributed by atoms with Gasteiger partial charge < -0.3 is 14.5 Å². The van der Waals surface area contributed by atoms with Crippen molar-refractivity contribution in [1.29, 1.82) is 0 Å². The van der Waals surface area contributed by atoms with E-state index in [-0.39, 0.29) is 12.5 Å². The van der Waals surface area contributed by atoms with E-state index in [4.69, 9.17) is 9.15 Å². The van der Waals surface area contributed by atoms with Gasteiger partial charge in [-0.3, -0.25) is 9.59 Å². The number of esters is 1. The predicted molar refractivity (Wildman–Crippen MR) is 86.2 cm³/mol. The molecule has 0 aliphatic carbocycles. The van der Waals surface area contributed by atoms with Gasteiger partial charge in [0.25, 0.3) is 0 Å². The minimum atomic E-state index is -1.28. The van der Waals surface area contributed by atoms with Gasteiger partial charge in [0.15, 0.2) is 5.41 Å². The first-order valence-corrected chi connectivity index (χ1v) is 7.96. The van der Waals surface area contributed by atoms with Crippen LogP contribution in [0.2, 0.25) is 0 Å². The van der Waals surface area contributed by atoms with Crippen LogP contribution in [0.4, 0.5) is 0 Å². The Morgan fingerprint density at radius 3 is 2.87 bits per heavy atom. The van der Waals surface area contributed by atoms with E-state index < -0.39 is 11.4 Å². The van der Waals surface area contributed by atoms with Crippen molar-refractivity contribution in [3.05, 3.63) is 35.1 Å². The first kappa shape index (κ1) is 15.6. The van der Waals surface area contributed by atoms with Crippen LogP contribution >= 0.6 is 0 Å². The molecule has 2 heterocycles. The third-order valence-electron chi connectivity index (χ3n) is 4.70. The van der Waals surface area contributed by atoms with Crippen LogP contribution in [-0.4, -0.2) is 25.0 Å². The Kier molecular flexibility index (Phi) is 3.88. The molecule has 1 aliphatic heterocycles. The van der Waals surface area contributed by atoms with E-state index in [1.165, 1.54) is 0 Å². The van der Waals surface area contributed by atoms with Crippen LogP contribution in [0.25, 0.3) is 11.0 Å². The van der Waals surface area contributed by atoms with Crippen molar-refractivity contribution in [3.8, 4) is 0 Å². The Morgan fingerprint density at radius 2 is 2.17 bits per heavy atom. The van der Waals surface area contributed by atoms with Gasteiger partial charge in [-0.15, -0.1) is 0 Å². The normalized spacial score (nSPS) is 21.3. The van der Waals surface area contributed by atoms with E-state index >= 15 is 0 Å². The van der Waals surface area contributed by atoms with Gasteiger partial charge in [-0.25, -0.2) is 0 Å². The lowest BCUT2D eigenvalue weighted by Crippen LogP contribution is -2.54. The molecular formula is C18H21NO4. The van der Waals surface area contributed by atoms with Crippen LogP contribution in [-0.2, 0) is 19.7 Å². The van der Waals surface area contributed by atoms with Crippen LogP contribution in [0.3, 0.4) is 0 Å². The van der Waals surface area contributed by atoms with E-state index in [0.717, 1.165) is 23.1 Å². The molecule has 1 saturated heterocycles. The summed E-state index contributed by atoms with van der Waals surface area (Å²) in [6, 6.07) is 5.56. The smallest absolute Gasteiger partial charge is 0.326 e. The van der Waals surface area contributed by atoms with Gasteiger partial charge in [0.2, 0.25) is 5.91 Å². The van der Waals surface area contributed by atoms with Crippen molar-refractivity contribution in [3.63, 3.8) is 0 Å². The van der Waals surface area contributed by atoms with Crippen molar-refractivity contribution < 1.29 is 18.7 Å². The number of aryl methyl sites for hydroxylation is 2. The van der Waals surface area contributed by atoms with E-state index in [9.17, 15) is 9.59 Å². The molecule has 0 spiro atoms. The molecule has 1 aromatic carbocycles. The quantitative estimate of drug-likeness (QED) is 0.698. The summed E-state index contributed by atoms with van der Waals surface area (Å²) in [4.78, 5) is 25.2. The van der Waals surface area contributed by atoms with Crippen molar-refractivity contribution in [1.82, 2.24) is 5.32 Å². The maximum absolute atomic E-state index is 12.6. The van der Waals surface area contributed by atoms with Crippen molar-refractivity contribution in [2.24, 2.45) is 0 Å². The number of rotatable bonds is 3. The van der Waals surface area contributed by atoms with Gasteiger partial charge >= 0.3 is 5.97 Å². The molecule has 0 bridgehead atoms. The SMILES string of the molecule is CCOC(=O)C1(c2ccc3c(C)c(C)oc3c2)CCCNC1=O. The fraction of sp³-hybridized carbons (Fsp3) is 0.444. The number of carbonyl (C=O) groups excluding carboxylic acids is 2. The van der Waals surface area contributed by atoms with Gasteiger partial charge in [0.1, 0.15) is 11.3 Å². The minimum absolute atomic E-state index is 0.245. The highest BCUT2D eigenvalue weighted by molar-refractivity contribution is 6.09. The molecule has 0 radical (unpaired) electrons. The fourth-order valence-electron chi connectivity index (χ4n) is 3.28. The standard InChI is InChI=1S/C18H21NO4/c1-4-22-17(21)18(8-5-9-19-16(18)20)13-6-7-14-11(2)12(3)23-15(14)10-13/h6-7,10H,4-5,8-9H2,1-3H3,(H,19,20). The molecule has 5 heteroatoms. The zero-order chi connectivity index (χ0) is 16.6. The molecule has 1 aromatic heterocycles. The van der Waals surface area contributed by atoms with E-state index in [2.05, 4.69) is 5.32 Å². The minimum Gasteiger partial charge on any atom is -0.465 e. The molecule has 23 heavy (non-hydrogen) atoms. The van der Waals surface area contributed by atoms with Gasteiger partial charge in [-0.1, -0.05) is 12.1 Å². The zero-order valence-corrected chi connectivity index (χ0v) is 13.7. The fourth-order valence-corrected chi connectivity index (χ4v) is 3.28. The van der Waals surface area contributed by atoms with E-state index in [1.54, 1.807) is 13.0 Å². The molecule has 122 valence electrons. The second-order valence-electron chi connectivity index (χ2n) is 5.98. The Balaban J connectivity index is 2.16. The molecule has 1 aliphatic rings. The predicted octanol–water partition coefficient (Wildman–Crippen LogP) is 2.76. The first-order valence-electron chi connectivity index (χ1n) is 7.96. The van der Waals surface area contributed by atoms with Crippen LogP contribution < -0.4 is 5.32 Å². The number of carbonyl (C=O) groups is 2. The lowest BCUT2D eigenvalue weighted by Gasteiger charge is -2.34. The Morgan fingerprint density at radius 1 is 1.39 bits per heavy atom. The summed E-state index contributed by atoms with van der Waals surface area (Å²) in [5, 5.41) is 3.81. The number of amides is 1. The molecular weight excluding hydrogens is 294 g/mol. The maximum atomic E-state index is 12.6. The average molecular weight is 315 g/mol.